The van der Waals surface area contributed by atoms with Crippen molar-refractivity contribution in [3.05, 3.63) is 0 Å². The van der Waals surface area contributed by atoms with Gasteiger partial charge in [-0.2, -0.15) is 0 Å². The Morgan fingerprint density at radius 1 is 1.24 bits per heavy atom. The Balaban J connectivity index is 2.16. The zero-order valence-corrected chi connectivity index (χ0v) is 13.0. The number of rotatable bonds is 3. The summed E-state index contributed by atoms with van der Waals surface area (Å²) in [5, 5.41) is 6.15. The summed E-state index contributed by atoms with van der Waals surface area (Å²) < 4.78 is 4.95. The number of nitrogens with one attached hydrogen (secondary N) is 2. The maximum atomic E-state index is 12.7. The van der Waals surface area contributed by atoms with Gasteiger partial charge >= 0.3 is 5.97 Å². The van der Waals surface area contributed by atoms with Crippen LogP contribution in [0.4, 0.5) is 0 Å². The Morgan fingerprint density at radius 2 is 1.86 bits per heavy atom. The minimum absolute atomic E-state index is 0.137. The van der Waals surface area contributed by atoms with Gasteiger partial charge in [0.1, 0.15) is 11.8 Å². The first kappa shape index (κ1) is 15.9. The molecule has 1 aliphatic heterocycles. The number of esters is 1. The highest BCUT2D eigenvalue weighted by molar-refractivity contribution is 5.91. The van der Waals surface area contributed by atoms with E-state index in [1.54, 1.807) is 0 Å². The van der Waals surface area contributed by atoms with Gasteiger partial charge in [0.05, 0.1) is 12.1 Å². The number of hydrogen-bond acceptors (Lipinski definition) is 5. The normalized spacial score (nSPS) is 25.6. The van der Waals surface area contributed by atoms with E-state index in [1.165, 1.54) is 0 Å². The van der Waals surface area contributed by atoms with E-state index in [9.17, 15) is 14.4 Å². The first-order valence-electron chi connectivity index (χ1n) is 7.50. The van der Waals surface area contributed by atoms with Crippen LogP contribution in [0.5, 0.6) is 0 Å². The lowest BCUT2D eigenvalue weighted by molar-refractivity contribution is -0.141. The average molecular weight is 296 g/mol. The van der Waals surface area contributed by atoms with Crippen molar-refractivity contribution in [2.75, 3.05) is 6.61 Å². The zero-order valence-electron chi connectivity index (χ0n) is 13.0. The molecule has 0 unspecified atom stereocenters. The molecule has 0 bridgehead atoms. The summed E-state index contributed by atoms with van der Waals surface area (Å²) in [6.45, 7) is 6.12. The van der Waals surface area contributed by atoms with Crippen molar-refractivity contribution in [2.45, 2.75) is 70.0 Å². The number of ether oxygens (including phenoxy) is 1. The lowest BCUT2D eigenvalue weighted by Crippen LogP contribution is -2.64. The minimum Gasteiger partial charge on any atom is -0.464 e. The molecular weight excluding hydrogens is 272 g/mol. The van der Waals surface area contributed by atoms with Gasteiger partial charge in [0.15, 0.2) is 0 Å². The Labute approximate surface area is 125 Å². The number of amides is 1. The second-order valence-electron chi connectivity index (χ2n) is 6.98. The lowest BCUT2D eigenvalue weighted by atomic mass is 9.79. The summed E-state index contributed by atoms with van der Waals surface area (Å²) in [7, 11) is 0. The van der Waals surface area contributed by atoms with E-state index in [2.05, 4.69) is 10.6 Å². The van der Waals surface area contributed by atoms with E-state index in [1.807, 2.05) is 20.8 Å². The second kappa shape index (κ2) is 5.75. The van der Waals surface area contributed by atoms with Crippen molar-refractivity contribution in [1.82, 2.24) is 10.6 Å². The molecule has 2 aliphatic rings. The van der Waals surface area contributed by atoms with Crippen LogP contribution in [-0.4, -0.2) is 41.4 Å². The molecule has 0 radical (unpaired) electrons. The van der Waals surface area contributed by atoms with Crippen molar-refractivity contribution in [1.29, 1.82) is 0 Å². The molecule has 0 spiro atoms. The molecule has 1 saturated heterocycles. The van der Waals surface area contributed by atoms with Crippen molar-refractivity contribution in [3.63, 3.8) is 0 Å². The third-order valence-electron chi connectivity index (χ3n) is 3.97. The monoisotopic (exact) mass is 296 g/mol. The van der Waals surface area contributed by atoms with Gasteiger partial charge in [0, 0.05) is 24.8 Å². The van der Waals surface area contributed by atoms with E-state index in [0.29, 0.717) is 38.7 Å². The molecule has 2 fully saturated rings. The molecule has 1 amide bonds. The summed E-state index contributed by atoms with van der Waals surface area (Å²) in [6, 6.07) is -0.455. The Bertz CT molecular complexity index is 443. The fourth-order valence-corrected chi connectivity index (χ4v) is 2.81. The molecule has 6 nitrogen and oxygen atoms in total. The van der Waals surface area contributed by atoms with Gasteiger partial charge in [-0.1, -0.05) is 0 Å². The third kappa shape index (κ3) is 3.81. The fourth-order valence-electron chi connectivity index (χ4n) is 2.81. The third-order valence-corrected chi connectivity index (χ3v) is 3.97. The number of cyclic esters (lactones) is 1. The molecule has 2 N–H and O–H groups in total. The quantitative estimate of drug-likeness (QED) is 0.749. The molecule has 118 valence electrons. The molecule has 0 aromatic rings. The molecular formula is C15H24N2O4. The summed E-state index contributed by atoms with van der Waals surface area (Å²) >= 11 is 0. The topological polar surface area (TPSA) is 84.5 Å². The predicted octanol–water partition coefficient (Wildman–Crippen LogP) is 0.688. The number of carbonyl (C=O) groups excluding carboxylic acids is 3. The van der Waals surface area contributed by atoms with E-state index in [4.69, 9.17) is 4.74 Å². The summed E-state index contributed by atoms with van der Waals surface area (Å²) in [5.74, 6) is -0.276. The molecule has 0 aromatic heterocycles. The maximum absolute atomic E-state index is 12.7. The van der Waals surface area contributed by atoms with Gasteiger partial charge in [-0.3, -0.25) is 19.7 Å². The van der Waals surface area contributed by atoms with Crippen LogP contribution in [0.2, 0.25) is 0 Å². The van der Waals surface area contributed by atoms with Crippen LogP contribution in [0.1, 0.15) is 52.9 Å². The van der Waals surface area contributed by atoms with Gasteiger partial charge in [0.25, 0.3) is 0 Å². The van der Waals surface area contributed by atoms with Crippen LogP contribution in [-0.2, 0) is 19.1 Å². The molecule has 6 heteroatoms. The Hall–Kier alpha value is -1.43. The zero-order chi connectivity index (χ0) is 15.7. The maximum Gasteiger partial charge on any atom is 0.323 e. The summed E-state index contributed by atoms with van der Waals surface area (Å²) in [6.07, 6.45) is 2.16. The van der Waals surface area contributed by atoms with E-state index >= 15 is 0 Å². The minimum atomic E-state index is -0.852. The van der Waals surface area contributed by atoms with Crippen LogP contribution >= 0.6 is 0 Å². The van der Waals surface area contributed by atoms with Crippen LogP contribution < -0.4 is 10.6 Å². The van der Waals surface area contributed by atoms with Crippen LogP contribution in [0.15, 0.2) is 0 Å². The van der Waals surface area contributed by atoms with E-state index in [-0.39, 0.29) is 23.2 Å². The first-order chi connectivity index (χ1) is 9.72. The highest BCUT2D eigenvalue weighted by Crippen LogP contribution is 2.29. The molecule has 1 aliphatic carbocycles. The number of ketones is 1. The van der Waals surface area contributed by atoms with Crippen molar-refractivity contribution in [2.24, 2.45) is 0 Å². The number of Topliss-reactive ketones (excluding diaryl/α,β-unsaturated/α-hetero) is 1. The molecule has 21 heavy (non-hydrogen) atoms. The predicted molar refractivity (Wildman–Crippen MR) is 76.6 cm³/mol. The fraction of sp³-hybridized carbons (Fsp3) is 0.800. The largest absolute Gasteiger partial charge is 0.464 e. The highest BCUT2D eigenvalue weighted by atomic mass is 16.5. The van der Waals surface area contributed by atoms with Gasteiger partial charge in [-0.05, 0) is 33.6 Å². The molecule has 1 heterocycles. The molecule has 1 saturated carbocycles. The van der Waals surface area contributed by atoms with Crippen molar-refractivity contribution in [3.8, 4) is 0 Å². The summed E-state index contributed by atoms with van der Waals surface area (Å²) in [4.78, 5) is 35.9. The van der Waals surface area contributed by atoms with Crippen LogP contribution in [0.25, 0.3) is 0 Å². The highest BCUT2D eigenvalue weighted by Gasteiger charge is 2.45. The Kier molecular flexibility index (Phi) is 4.37. The smallest absolute Gasteiger partial charge is 0.323 e. The van der Waals surface area contributed by atoms with E-state index in [0.717, 1.165) is 0 Å². The molecule has 1 atom stereocenters. The standard InChI is InChI=1S/C15H24N2O4/c1-14(2,3)17-13(20)15(7-4-10(18)5-8-15)16-11-6-9-21-12(11)19/h11,16H,4-9H2,1-3H3,(H,17,20)/t11-/m0/s1. The van der Waals surface area contributed by atoms with E-state index < -0.39 is 11.6 Å². The summed E-state index contributed by atoms with van der Waals surface area (Å²) in [5.41, 5.74) is -1.21. The molecule has 2 rings (SSSR count). The van der Waals surface area contributed by atoms with Gasteiger partial charge in [0.2, 0.25) is 5.91 Å². The van der Waals surface area contributed by atoms with Crippen molar-refractivity contribution >= 4 is 17.7 Å². The van der Waals surface area contributed by atoms with Crippen LogP contribution in [0, 0.1) is 0 Å². The SMILES string of the molecule is CC(C)(C)NC(=O)C1(N[C@H]2CCOC2=O)CCC(=O)CC1. The van der Waals surface area contributed by atoms with Gasteiger partial charge < -0.3 is 10.1 Å². The average Bonchev–Trinajstić information content (AvgIpc) is 2.76. The number of hydrogen-bond donors (Lipinski definition) is 2. The lowest BCUT2D eigenvalue weighted by Gasteiger charge is -2.39. The van der Waals surface area contributed by atoms with Gasteiger partial charge in [-0.25, -0.2) is 0 Å². The second-order valence-corrected chi connectivity index (χ2v) is 6.98. The first-order valence-corrected chi connectivity index (χ1v) is 7.50. The molecule has 0 aromatic carbocycles. The van der Waals surface area contributed by atoms with Crippen LogP contribution in [0.3, 0.4) is 0 Å². The number of carbonyl (C=O) groups is 3. The Morgan fingerprint density at radius 3 is 2.33 bits per heavy atom. The van der Waals surface area contributed by atoms with Gasteiger partial charge in [-0.15, -0.1) is 0 Å². The van der Waals surface area contributed by atoms with Crippen molar-refractivity contribution < 1.29 is 19.1 Å².